The Labute approximate surface area is 193 Å². The van der Waals surface area contributed by atoms with Crippen molar-refractivity contribution in [3.05, 3.63) is 71.6 Å². The van der Waals surface area contributed by atoms with E-state index in [1.54, 1.807) is 19.2 Å². The molecule has 2 heterocycles. The van der Waals surface area contributed by atoms with Gasteiger partial charge in [0, 0.05) is 24.4 Å². The molecule has 0 bridgehead atoms. The molecule has 3 aliphatic rings. The summed E-state index contributed by atoms with van der Waals surface area (Å²) in [6.45, 7) is 0.420. The predicted octanol–water partition coefficient (Wildman–Crippen LogP) is 3.42. The maximum absolute atomic E-state index is 12.6. The number of amidine groups is 1. The first-order chi connectivity index (χ1) is 16.2. The third-order valence-electron chi connectivity index (χ3n) is 6.49. The number of anilines is 1. The number of carbonyl (C=O) groups is 1. The molecular weight excluding hydrogens is 416 g/mol. The maximum atomic E-state index is 12.6. The first-order valence-electron chi connectivity index (χ1n) is 11.3. The van der Waals surface area contributed by atoms with Crippen LogP contribution in [-0.2, 0) is 6.54 Å². The summed E-state index contributed by atoms with van der Waals surface area (Å²) in [5, 5.41) is 9.50. The maximum Gasteiger partial charge on any atom is 0.255 e. The highest BCUT2D eigenvalue weighted by Crippen LogP contribution is 2.40. The second-order valence-electron chi connectivity index (χ2n) is 8.50. The summed E-state index contributed by atoms with van der Waals surface area (Å²) in [5.74, 6) is 1.43. The van der Waals surface area contributed by atoms with Gasteiger partial charge in [-0.15, -0.1) is 0 Å². The zero-order chi connectivity index (χ0) is 22.8. The van der Waals surface area contributed by atoms with Crippen molar-refractivity contribution >= 4 is 23.8 Å². The van der Waals surface area contributed by atoms with Crippen molar-refractivity contribution in [1.82, 2.24) is 10.3 Å². The molecule has 0 aromatic heterocycles. The lowest BCUT2D eigenvalue weighted by Gasteiger charge is -2.32. The number of nitrogens with two attached hydrogens (primary N) is 1. The zero-order valence-corrected chi connectivity index (χ0v) is 18.6. The van der Waals surface area contributed by atoms with Crippen LogP contribution in [0, 0.1) is 5.92 Å². The molecule has 33 heavy (non-hydrogen) atoms. The monoisotopic (exact) mass is 444 g/mol. The van der Waals surface area contributed by atoms with Gasteiger partial charge in [-0.25, -0.2) is 10.0 Å². The average molecular weight is 445 g/mol. The van der Waals surface area contributed by atoms with Crippen LogP contribution in [0.25, 0.3) is 0 Å². The van der Waals surface area contributed by atoms with E-state index in [-0.39, 0.29) is 12.1 Å². The molecule has 3 N–H and O–H groups in total. The number of benzene rings is 2. The quantitative estimate of drug-likeness (QED) is 0.712. The molecule has 2 aromatic carbocycles. The van der Waals surface area contributed by atoms with E-state index < -0.39 is 0 Å². The Bertz CT molecular complexity index is 1120. The Morgan fingerprint density at radius 1 is 1.15 bits per heavy atom. The summed E-state index contributed by atoms with van der Waals surface area (Å²) in [6, 6.07) is 15.3. The highest BCUT2D eigenvalue weighted by molar-refractivity contribution is 5.97. The van der Waals surface area contributed by atoms with Gasteiger partial charge < -0.3 is 20.7 Å². The van der Waals surface area contributed by atoms with Crippen molar-refractivity contribution in [1.29, 1.82) is 0 Å². The van der Waals surface area contributed by atoms with E-state index in [1.807, 2.05) is 41.4 Å². The number of hydrogen-bond acceptors (Lipinski definition) is 7. The molecule has 8 heteroatoms. The number of aliphatic imine (C=N–C) groups is 1. The van der Waals surface area contributed by atoms with Crippen molar-refractivity contribution in [2.75, 3.05) is 12.0 Å². The van der Waals surface area contributed by atoms with Crippen LogP contribution in [0.2, 0.25) is 0 Å². The van der Waals surface area contributed by atoms with Gasteiger partial charge in [0.25, 0.3) is 5.91 Å². The Morgan fingerprint density at radius 2 is 1.91 bits per heavy atom. The molecule has 1 fully saturated rings. The molecule has 0 radical (unpaired) electrons. The Kier molecular flexibility index (Phi) is 5.73. The average Bonchev–Trinajstić information content (AvgIpc) is 3.51. The van der Waals surface area contributed by atoms with Crippen molar-refractivity contribution in [3.63, 3.8) is 0 Å². The minimum atomic E-state index is -0.235. The molecule has 5 rings (SSSR count). The van der Waals surface area contributed by atoms with E-state index in [1.165, 1.54) is 37.7 Å². The molecule has 2 aliphatic heterocycles. The fraction of sp³-hybridized carbons (Fsp3) is 0.320. The highest BCUT2D eigenvalue weighted by Gasteiger charge is 2.40. The standard InChI is InChI=1S/C25H28N6O2/c1-33-22-9-5-4-8-20(22)24(32)27-14-17-10-12-19(13-11-17)30-15-21(18-6-2-3-7-18)31-25(30)23(26)28-16-29-31/h4-5,8-13,15-16,18,25H,2-3,6-7,14H2,1H3,(H,27,32)(H2,26,28,29). The zero-order valence-electron chi connectivity index (χ0n) is 18.6. The number of amides is 1. The second-order valence-corrected chi connectivity index (χ2v) is 8.50. The fourth-order valence-electron chi connectivity index (χ4n) is 4.77. The number of hydrazone groups is 1. The lowest BCUT2D eigenvalue weighted by atomic mass is 10.0. The van der Waals surface area contributed by atoms with Crippen molar-refractivity contribution in [3.8, 4) is 5.75 Å². The molecule has 8 nitrogen and oxygen atoms in total. The molecule has 1 saturated carbocycles. The second kappa shape index (κ2) is 8.97. The highest BCUT2D eigenvalue weighted by atomic mass is 16.5. The van der Waals surface area contributed by atoms with Gasteiger partial charge in [0.15, 0.2) is 6.17 Å². The molecule has 1 unspecified atom stereocenters. The first kappa shape index (κ1) is 21.1. The van der Waals surface area contributed by atoms with Gasteiger partial charge in [-0.3, -0.25) is 4.79 Å². The van der Waals surface area contributed by atoms with Crippen LogP contribution in [0.3, 0.4) is 0 Å². The van der Waals surface area contributed by atoms with E-state index in [0.717, 1.165) is 11.3 Å². The van der Waals surface area contributed by atoms with Gasteiger partial charge in [-0.1, -0.05) is 37.1 Å². The van der Waals surface area contributed by atoms with Crippen LogP contribution in [0.1, 0.15) is 41.6 Å². The third kappa shape index (κ3) is 4.04. The first-order valence-corrected chi connectivity index (χ1v) is 11.3. The summed E-state index contributed by atoms with van der Waals surface area (Å²) in [6.07, 6.45) is 8.34. The fourth-order valence-corrected chi connectivity index (χ4v) is 4.77. The number of nitrogens with one attached hydrogen (secondary N) is 1. The van der Waals surface area contributed by atoms with Crippen molar-refractivity contribution in [2.45, 2.75) is 38.4 Å². The molecule has 1 amide bonds. The van der Waals surface area contributed by atoms with Gasteiger partial charge in [0.2, 0.25) is 0 Å². The minimum Gasteiger partial charge on any atom is -0.496 e. The number of para-hydroxylation sites is 1. The van der Waals surface area contributed by atoms with E-state index in [4.69, 9.17) is 10.5 Å². The van der Waals surface area contributed by atoms with Gasteiger partial charge in [0.1, 0.15) is 17.9 Å². The number of fused-ring (bicyclic) bond motifs is 1. The van der Waals surface area contributed by atoms with E-state index >= 15 is 0 Å². The summed E-state index contributed by atoms with van der Waals surface area (Å²) in [4.78, 5) is 19.0. The number of nitrogens with zero attached hydrogens (tertiary/aromatic N) is 4. The summed E-state index contributed by atoms with van der Waals surface area (Å²) < 4.78 is 5.28. The molecular formula is C25H28N6O2. The minimum absolute atomic E-state index is 0.167. The van der Waals surface area contributed by atoms with E-state index in [2.05, 4.69) is 26.5 Å². The van der Waals surface area contributed by atoms with Crippen LogP contribution < -0.4 is 20.7 Å². The predicted molar refractivity (Wildman–Crippen MR) is 129 cm³/mol. The number of allylic oxidation sites excluding steroid dienone is 1. The van der Waals surface area contributed by atoms with Gasteiger partial charge >= 0.3 is 0 Å². The Hall–Kier alpha value is -3.81. The normalized spacial score (nSPS) is 19.8. The van der Waals surface area contributed by atoms with Crippen LogP contribution in [0.15, 0.2) is 70.5 Å². The van der Waals surface area contributed by atoms with Crippen LogP contribution in [-0.4, -0.2) is 36.4 Å². The third-order valence-corrected chi connectivity index (χ3v) is 6.49. The van der Waals surface area contributed by atoms with Crippen molar-refractivity contribution in [2.24, 2.45) is 21.7 Å². The number of hydrogen-bond donors (Lipinski definition) is 2. The smallest absolute Gasteiger partial charge is 0.255 e. The number of rotatable bonds is 6. The molecule has 1 aliphatic carbocycles. The molecule has 0 spiro atoms. The largest absolute Gasteiger partial charge is 0.496 e. The summed E-state index contributed by atoms with van der Waals surface area (Å²) >= 11 is 0. The summed E-state index contributed by atoms with van der Waals surface area (Å²) in [7, 11) is 1.56. The molecule has 1 atom stereocenters. The molecule has 0 saturated heterocycles. The topological polar surface area (TPSA) is 95.5 Å². The summed E-state index contributed by atoms with van der Waals surface area (Å²) in [5.41, 5.74) is 10.0. The van der Waals surface area contributed by atoms with Gasteiger partial charge in [-0.05, 0) is 42.7 Å². The van der Waals surface area contributed by atoms with E-state index in [9.17, 15) is 4.79 Å². The van der Waals surface area contributed by atoms with Crippen LogP contribution in [0.5, 0.6) is 5.75 Å². The van der Waals surface area contributed by atoms with Gasteiger partial charge in [-0.2, -0.15) is 5.10 Å². The Balaban J connectivity index is 1.31. The number of carbonyl (C=O) groups excluding carboxylic acids is 1. The SMILES string of the molecule is COc1ccccc1C(=O)NCc1ccc(N2C=C(C3CCCC3)N3N=CN=C(N)C32)cc1. The molecule has 170 valence electrons. The van der Waals surface area contributed by atoms with Crippen molar-refractivity contribution < 1.29 is 9.53 Å². The van der Waals surface area contributed by atoms with Gasteiger partial charge in [0.05, 0.1) is 18.4 Å². The van der Waals surface area contributed by atoms with E-state index in [0.29, 0.717) is 29.6 Å². The van der Waals surface area contributed by atoms with Crippen LogP contribution in [0.4, 0.5) is 5.69 Å². The van der Waals surface area contributed by atoms with Crippen LogP contribution >= 0.6 is 0 Å². The molecule has 2 aromatic rings. The Morgan fingerprint density at radius 3 is 2.67 bits per heavy atom. The lowest BCUT2D eigenvalue weighted by molar-refractivity contribution is 0.0948. The number of ether oxygens (including phenoxy) is 1. The lowest BCUT2D eigenvalue weighted by Crippen LogP contribution is -2.49. The number of methoxy groups -OCH3 is 1.